The highest BCUT2D eigenvalue weighted by Gasteiger charge is 2.24. The third-order valence-electron chi connectivity index (χ3n) is 4.69. The zero-order valence-corrected chi connectivity index (χ0v) is 15.6. The van der Waals surface area contributed by atoms with Gasteiger partial charge in [0.1, 0.15) is 0 Å². The maximum Gasteiger partial charge on any atom is 0.250 e. The molecule has 24 heavy (non-hydrogen) atoms. The lowest BCUT2D eigenvalue weighted by Gasteiger charge is -2.39. The van der Waals surface area contributed by atoms with E-state index in [9.17, 15) is 4.79 Å². The van der Waals surface area contributed by atoms with E-state index in [1.807, 2.05) is 12.1 Å². The first-order valence-corrected chi connectivity index (χ1v) is 8.63. The molecule has 0 bridgehead atoms. The van der Waals surface area contributed by atoms with Crippen molar-refractivity contribution in [3.05, 3.63) is 41.0 Å². The van der Waals surface area contributed by atoms with Gasteiger partial charge in [-0.3, -0.25) is 14.5 Å². The second-order valence-electron chi connectivity index (χ2n) is 7.45. The third-order valence-corrected chi connectivity index (χ3v) is 4.69. The molecule has 0 unspecified atom stereocenters. The lowest BCUT2D eigenvalue weighted by Crippen LogP contribution is -2.44. The number of carbonyl (C=O) groups excluding carboxylic acids is 1. The maximum atomic E-state index is 11.8. The van der Waals surface area contributed by atoms with Gasteiger partial charge in [-0.05, 0) is 44.7 Å². The Morgan fingerprint density at radius 3 is 2.29 bits per heavy atom. The summed E-state index contributed by atoms with van der Waals surface area (Å²) in [6.07, 6.45) is 4.93. The number of likely N-dealkylation sites (N-methyl/N-ethyl adjacent to an activating group) is 1. The summed E-state index contributed by atoms with van der Waals surface area (Å²) in [5.74, 6) is -0.0434. The Hall–Kier alpha value is -1.65. The van der Waals surface area contributed by atoms with Crippen LogP contribution in [0.3, 0.4) is 0 Å². The molecule has 0 saturated carbocycles. The Morgan fingerprint density at radius 1 is 1.21 bits per heavy atom. The van der Waals surface area contributed by atoms with Crippen LogP contribution in [0.15, 0.2) is 29.8 Å². The van der Waals surface area contributed by atoms with Crippen LogP contribution in [0.25, 0.3) is 6.08 Å². The minimum absolute atomic E-state index is 0.0434. The van der Waals surface area contributed by atoms with Crippen LogP contribution in [0, 0.1) is 0 Å². The summed E-state index contributed by atoms with van der Waals surface area (Å²) >= 11 is 0. The molecule has 0 spiro atoms. The molecule has 2 rings (SSSR count). The molecule has 1 aliphatic rings. The quantitative estimate of drug-likeness (QED) is 0.792. The number of hydrogen-bond acceptors (Lipinski definition) is 3. The first kappa shape index (κ1) is 18.7. The van der Waals surface area contributed by atoms with Gasteiger partial charge in [0, 0.05) is 25.7 Å². The molecule has 1 aliphatic heterocycles. The van der Waals surface area contributed by atoms with Crippen molar-refractivity contribution in [2.45, 2.75) is 45.6 Å². The third kappa shape index (κ3) is 5.18. The highest BCUT2D eigenvalue weighted by atomic mass is 16.7. The lowest BCUT2D eigenvalue weighted by atomic mass is 9.96. The highest BCUT2D eigenvalue weighted by Crippen LogP contribution is 2.24. The van der Waals surface area contributed by atoms with E-state index in [-0.39, 0.29) is 11.4 Å². The Labute approximate surface area is 146 Å². The molecule has 1 saturated heterocycles. The van der Waals surface area contributed by atoms with Crippen LogP contribution in [0.2, 0.25) is 0 Å². The predicted molar refractivity (Wildman–Crippen MR) is 98.5 cm³/mol. The molecule has 1 aromatic rings. The van der Waals surface area contributed by atoms with Crippen LogP contribution in [0.1, 0.15) is 44.7 Å². The molecular formula is C20H30N2O2. The number of benzene rings is 1. The molecule has 0 N–H and O–H groups in total. The normalized spacial score (nSPS) is 16.1. The Bertz CT molecular complexity index is 575. The Kier molecular flexibility index (Phi) is 6.19. The Balaban J connectivity index is 1.93. The number of amides is 1. The van der Waals surface area contributed by atoms with Crippen molar-refractivity contribution < 1.29 is 9.63 Å². The van der Waals surface area contributed by atoms with E-state index in [0.717, 1.165) is 31.5 Å². The average molecular weight is 330 g/mol. The summed E-state index contributed by atoms with van der Waals surface area (Å²) in [5, 5.41) is 1.26. The fourth-order valence-electron chi connectivity index (χ4n) is 2.96. The van der Waals surface area contributed by atoms with Crippen molar-refractivity contribution in [2.75, 3.05) is 27.2 Å². The molecule has 1 aromatic carbocycles. The average Bonchev–Trinajstić information content (AvgIpc) is 2.55. The monoisotopic (exact) mass is 330 g/mol. The molecule has 0 aromatic heterocycles. The van der Waals surface area contributed by atoms with E-state index in [4.69, 9.17) is 4.84 Å². The van der Waals surface area contributed by atoms with Gasteiger partial charge in [-0.2, -0.15) is 0 Å². The van der Waals surface area contributed by atoms with Gasteiger partial charge in [0.25, 0.3) is 0 Å². The molecule has 4 heteroatoms. The zero-order chi connectivity index (χ0) is 17.7. The SMILES string of the molecule is CON(C)C(=O)Cc1ccc(C=C2CCN(C(C)(C)C)CC2)cc1. The van der Waals surface area contributed by atoms with Crippen molar-refractivity contribution in [1.82, 2.24) is 9.96 Å². The van der Waals surface area contributed by atoms with Gasteiger partial charge in [-0.15, -0.1) is 0 Å². The number of hydrogen-bond donors (Lipinski definition) is 0. The van der Waals surface area contributed by atoms with Gasteiger partial charge in [0.2, 0.25) is 5.91 Å². The van der Waals surface area contributed by atoms with Crippen molar-refractivity contribution in [1.29, 1.82) is 0 Å². The fraction of sp³-hybridized carbons (Fsp3) is 0.550. The van der Waals surface area contributed by atoms with Gasteiger partial charge in [0.05, 0.1) is 13.5 Å². The van der Waals surface area contributed by atoms with Crippen molar-refractivity contribution >= 4 is 12.0 Å². The van der Waals surface area contributed by atoms with Crippen molar-refractivity contribution in [2.24, 2.45) is 0 Å². The first-order chi connectivity index (χ1) is 11.3. The molecule has 0 radical (unpaired) electrons. The smallest absolute Gasteiger partial charge is 0.250 e. The molecule has 1 fully saturated rings. The lowest BCUT2D eigenvalue weighted by molar-refractivity contribution is -0.167. The highest BCUT2D eigenvalue weighted by molar-refractivity contribution is 5.77. The second-order valence-corrected chi connectivity index (χ2v) is 7.45. The molecule has 1 amide bonds. The van der Waals surface area contributed by atoms with Gasteiger partial charge < -0.3 is 0 Å². The molecular weight excluding hydrogens is 300 g/mol. The van der Waals surface area contributed by atoms with Gasteiger partial charge >= 0.3 is 0 Å². The van der Waals surface area contributed by atoms with Gasteiger partial charge in [-0.25, -0.2) is 5.06 Å². The number of rotatable bonds is 4. The summed E-state index contributed by atoms with van der Waals surface area (Å²) in [6, 6.07) is 8.24. The van der Waals surface area contributed by atoms with E-state index in [2.05, 4.69) is 43.9 Å². The van der Waals surface area contributed by atoms with Crippen molar-refractivity contribution in [3.63, 3.8) is 0 Å². The van der Waals surface area contributed by atoms with Crippen LogP contribution in [0.5, 0.6) is 0 Å². The standard InChI is InChI=1S/C20H30N2O2/c1-20(2,3)22-12-10-18(11-13-22)14-16-6-8-17(9-7-16)15-19(23)21(4)24-5/h6-9,14H,10-13,15H2,1-5H3. The van der Waals surface area contributed by atoms with E-state index >= 15 is 0 Å². The minimum atomic E-state index is -0.0434. The van der Waals surface area contributed by atoms with Crippen molar-refractivity contribution in [3.8, 4) is 0 Å². The zero-order valence-electron chi connectivity index (χ0n) is 15.6. The van der Waals surface area contributed by atoms with Gasteiger partial charge in [0.15, 0.2) is 0 Å². The van der Waals surface area contributed by atoms with Crippen LogP contribution >= 0.6 is 0 Å². The second kappa shape index (κ2) is 7.95. The summed E-state index contributed by atoms with van der Waals surface area (Å²) in [4.78, 5) is 19.3. The molecule has 0 aliphatic carbocycles. The maximum absolute atomic E-state index is 11.8. The van der Waals surface area contributed by atoms with E-state index in [1.54, 1.807) is 7.05 Å². The van der Waals surface area contributed by atoms with Gasteiger partial charge in [-0.1, -0.05) is 35.9 Å². The molecule has 4 nitrogen and oxygen atoms in total. The van der Waals surface area contributed by atoms with E-state index in [0.29, 0.717) is 6.42 Å². The summed E-state index contributed by atoms with van der Waals surface area (Å²) in [6.45, 7) is 9.10. The largest absolute Gasteiger partial charge is 0.298 e. The predicted octanol–water partition coefficient (Wildman–Crippen LogP) is 3.53. The summed E-state index contributed by atoms with van der Waals surface area (Å²) in [5.41, 5.74) is 3.99. The molecule has 132 valence electrons. The van der Waals surface area contributed by atoms with Crippen LogP contribution in [-0.4, -0.2) is 48.7 Å². The number of nitrogens with zero attached hydrogens (tertiary/aromatic N) is 2. The molecule has 1 heterocycles. The number of likely N-dealkylation sites (tertiary alicyclic amines) is 1. The number of piperidine rings is 1. The number of carbonyl (C=O) groups is 1. The summed E-state index contributed by atoms with van der Waals surface area (Å²) < 4.78 is 0. The summed E-state index contributed by atoms with van der Waals surface area (Å²) in [7, 11) is 3.13. The minimum Gasteiger partial charge on any atom is -0.298 e. The topological polar surface area (TPSA) is 32.8 Å². The van der Waals surface area contributed by atoms with Crippen LogP contribution < -0.4 is 0 Å². The molecule has 0 atom stereocenters. The Morgan fingerprint density at radius 2 is 1.79 bits per heavy atom. The van der Waals surface area contributed by atoms with E-state index < -0.39 is 0 Å². The van der Waals surface area contributed by atoms with E-state index in [1.165, 1.54) is 23.3 Å². The number of hydroxylamine groups is 2. The fourth-order valence-corrected chi connectivity index (χ4v) is 2.96. The van der Waals surface area contributed by atoms with Crippen LogP contribution in [-0.2, 0) is 16.1 Å². The first-order valence-electron chi connectivity index (χ1n) is 8.63. The van der Waals surface area contributed by atoms with Crippen LogP contribution in [0.4, 0.5) is 0 Å².